The van der Waals surface area contributed by atoms with Crippen LogP contribution in [0.5, 0.6) is 0 Å². The largest absolute Gasteiger partial charge is 0.452 e. The molecule has 1 aromatic rings. The predicted molar refractivity (Wildman–Crippen MR) is 95.7 cm³/mol. The number of nitrogens with zero attached hydrogens (tertiary/aromatic N) is 1. The van der Waals surface area contributed by atoms with Gasteiger partial charge in [-0.15, -0.1) is 0 Å². The molecular weight excluding hydrogens is 409 g/mol. The van der Waals surface area contributed by atoms with Crippen LogP contribution in [0.25, 0.3) is 6.08 Å². The Morgan fingerprint density at radius 3 is 2.70 bits per heavy atom. The summed E-state index contributed by atoms with van der Waals surface area (Å²) in [7, 11) is 0. The first-order valence-corrected chi connectivity index (χ1v) is 9.07. The summed E-state index contributed by atoms with van der Waals surface area (Å²) in [4.78, 5) is 25.8. The summed E-state index contributed by atoms with van der Waals surface area (Å²) >= 11 is 2.05. The molecule has 0 aromatic carbocycles. The van der Waals surface area contributed by atoms with E-state index in [0.717, 1.165) is 16.6 Å². The lowest BCUT2D eigenvalue weighted by Gasteiger charge is -2.33. The normalized spacial score (nSPS) is 15.7. The first-order valence-electron chi connectivity index (χ1n) is 7.99. The van der Waals surface area contributed by atoms with Crippen molar-refractivity contribution in [2.75, 3.05) is 13.2 Å². The third-order valence-electron chi connectivity index (χ3n) is 3.99. The molecule has 2 rings (SSSR count). The minimum atomic E-state index is -0.538. The van der Waals surface area contributed by atoms with Crippen molar-refractivity contribution in [3.63, 3.8) is 0 Å². The molecule has 1 aromatic heterocycles. The van der Waals surface area contributed by atoms with Gasteiger partial charge in [0, 0.05) is 18.7 Å². The molecule has 0 radical (unpaired) electrons. The number of halogens is 1. The van der Waals surface area contributed by atoms with E-state index >= 15 is 0 Å². The fraction of sp³-hybridized carbons (Fsp3) is 0.529. The SMILES string of the molecule is CCN(C(=O)COC(=O)/C=C/c1ccc(I)o1)C1CCCCC1. The highest BCUT2D eigenvalue weighted by atomic mass is 127. The van der Waals surface area contributed by atoms with E-state index in [1.54, 1.807) is 12.1 Å². The Labute approximate surface area is 150 Å². The zero-order valence-corrected chi connectivity index (χ0v) is 15.5. The Hall–Kier alpha value is -1.31. The standard InChI is InChI=1S/C17H22INO4/c1-2-19(13-6-4-3-5-7-13)16(20)12-22-17(21)11-9-14-8-10-15(18)23-14/h8-11,13H,2-7,12H2,1H3/b11-9+. The maximum Gasteiger partial charge on any atom is 0.331 e. The monoisotopic (exact) mass is 431 g/mol. The number of hydrogen-bond acceptors (Lipinski definition) is 4. The topological polar surface area (TPSA) is 59.8 Å². The lowest BCUT2D eigenvalue weighted by Crippen LogP contribution is -2.43. The predicted octanol–water partition coefficient (Wildman–Crippen LogP) is 3.62. The number of furan rings is 1. The Morgan fingerprint density at radius 2 is 2.09 bits per heavy atom. The third kappa shape index (κ3) is 5.67. The van der Waals surface area contributed by atoms with Crippen LogP contribution in [0.4, 0.5) is 0 Å². The van der Waals surface area contributed by atoms with Gasteiger partial charge in [0.05, 0.1) is 0 Å². The van der Waals surface area contributed by atoms with Gasteiger partial charge in [-0.2, -0.15) is 0 Å². The molecule has 1 saturated carbocycles. The minimum Gasteiger partial charge on any atom is -0.452 e. The van der Waals surface area contributed by atoms with Crippen LogP contribution in [-0.4, -0.2) is 36.0 Å². The van der Waals surface area contributed by atoms with Crippen molar-refractivity contribution in [1.29, 1.82) is 0 Å². The summed E-state index contributed by atoms with van der Waals surface area (Å²) < 4.78 is 11.1. The number of ether oxygens (including phenoxy) is 1. The van der Waals surface area contributed by atoms with Gasteiger partial charge in [0.25, 0.3) is 5.91 Å². The fourth-order valence-electron chi connectivity index (χ4n) is 2.86. The summed E-state index contributed by atoms with van der Waals surface area (Å²) in [6.45, 7) is 2.41. The number of rotatable bonds is 6. The number of likely N-dealkylation sites (N-methyl/N-ethyl adjacent to an activating group) is 1. The van der Waals surface area contributed by atoms with E-state index in [2.05, 4.69) is 0 Å². The van der Waals surface area contributed by atoms with Crippen molar-refractivity contribution in [1.82, 2.24) is 4.90 Å². The maximum absolute atomic E-state index is 12.3. The van der Waals surface area contributed by atoms with Gasteiger partial charge in [0.1, 0.15) is 5.76 Å². The number of carbonyl (C=O) groups excluding carboxylic acids is 2. The van der Waals surface area contributed by atoms with E-state index in [0.29, 0.717) is 18.3 Å². The molecule has 0 bridgehead atoms. The highest BCUT2D eigenvalue weighted by Crippen LogP contribution is 2.22. The molecule has 0 atom stereocenters. The zero-order valence-electron chi connectivity index (χ0n) is 13.3. The summed E-state index contributed by atoms with van der Waals surface area (Å²) in [6, 6.07) is 3.86. The lowest BCUT2D eigenvalue weighted by atomic mass is 9.94. The highest BCUT2D eigenvalue weighted by Gasteiger charge is 2.24. The summed E-state index contributed by atoms with van der Waals surface area (Å²) in [5, 5.41) is 0. The Bertz CT molecular complexity index is 561. The van der Waals surface area contributed by atoms with Gasteiger partial charge in [-0.3, -0.25) is 4.79 Å². The average Bonchev–Trinajstić information content (AvgIpc) is 2.98. The van der Waals surface area contributed by atoms with Gasteiger partial charge in [0.15, 0.2) is 10.4 Å². The molecule has 0 aliphatic heterocycles. The lowest BCUT2D eigenvalue weighted by molar-refractivity contribution is -0.149. The van der Waals surface area contributed by atoms with Crippen LogP contribution >= 0.6 is 22.6 Å². The van der Waals surface area contributed by atoms with Crippen LogP contribution in [0.2, 0.25) is 0 Å². The van der Waals surface area contributed by atoms with Crippen molar-refractivity contribution in [2.24, 2.45) is 0 Å². The first kappa shape index (κ1) is 18.0. The van der Waals surface area contributed by atoms with E-state index in [1.165, 1.54) is 31.4 Å². The molecule has 6 heteroatoms. The molecule has 0 N–H and O–H groups in total. The Morgan fingerprint density at radius 1 is 1.35 bits per heavy atom. The van der Waals surface area contributed by atoms with Gasteiger partial charge >= 0.3 is 5.97 Å². The van der Waals surface area contributed by atoms with Gasteiger partial charge < -0.3 is 14.1 Å². The van der Waals surface area contributed by atoms with Crippen LogP contribution in [0, 0.1) is 3.77 Å². The van der Waals surface area contributed by atoms with Crippen LogP contribution in [0.3, 0.4) is 0 Å². The Balaban J connectivity index is 1.80. The molecule has 1 aliphatic carbocycles. The maximum atomic E-state index is 12.3. The molecule has 0 saturated heterocycles. The summed E-state index contributed by atoms with van der Waals surface area (Å²) in [6.07, 6.45) is 8.48. The number of esters is 1. The smallest absolute Gasteiger partial charge is 0.331 e. The molecule has 1 heterocycles. The van der Waals surface area contributed by atoms with E-state index in [1.807, 2.05) is 34.4 Å². The highest BCUT2D eigenvalue weighted by molar-refractivity contribution is 14.1. The van der Waals surface area contributed by atoms with Crippen molar-refractivity contribution in [2.45, 2.75) is 45.1 Å². The second-order valence-electron chi connectivity index (χ2n) is 5.55. The van der Waals surface area contributed by atoms with Crippen LogP contribution in [0.15, 0.2) is 22.6 Å². The number of amides is 1. The molecule has 1 fully saturated rings. The van der Waals surface area contributed by atoms with E-state index in [-0.39, 0.29) is 12.5 Å². The molecule has 5 nitrogen and oxygen atoms in total. The first-order chi connectivity index (χ1) is 11.1. The van der Waals surface area contributed by atoms with Crippen molar-refractivity contribution in [3.05, 3.63) is 27.7 Å². The van der Waals surface area contributed by atoms with Crippen LogP contribution < -0.4 is 0 Å². The Kier molecular flexibility index (Phi) is 7.14. The second-order valence-corrected chi connectivity index (χ2v) is 6.62. The summed E-state index contributed by atoms with van der Waals surface area (Å²) in [5.41, 5.74) is 0. The van der Waals surface area contributed by atoms with Crippen LogP contribution in [-0.2, 0) is 14.3 Å². The molecule has 0 unspecified atom stereocenters. The number of carbonyl (C=O) groups is 2. The van der Waals surface area contributed by atoms with Gasteiger partial charge in [-0.25, -0.2) is 4.79 Å². The van der Waals surface area contributed by atoms with Gasteiger partial charge in [-0.05, 0) is 60.6 Å². The van der Waals surface area contributed by atoms with Crippen LogP contribution in [0.1, 0.15) is 44.8 Å². The quantitative estimate of drug-likeness (QED) is 0.392. The molecule has 0 spiro atoms. The number of hydrogen-bond donors (Lipinski definition) is 0. The molecule has 1 amide bonds. The molecule has 1 aliphatic rings. The third-order valence-corrected chi connectivity index (χ3v) is 4.57. The summed E-state index contributed by atoms with van der Waals surface area (Å²) in [5.74, 6) is -0.0757. The van der Waals surface area contributed by atoms with Crippen molar-refractivity contribution >= 4 is 40.5 Å². The molecule has 23 heavy (non-hydrogen) atoms. The molecular formula is C17H22INO4. The minimum absolute atomic E-state index is 0.117. The van der Waals surface area contributed by atoms with Crippen molar-refractivity contribution < 1.29 is 18.7 Å². The van der Waals surface area contributed by atoms with E-state index in [4.69, 9.17) is 9.15 Å². The fourth-order valence-corrected chi connectivity index (χ4v) is 3.30. The second kappa shape index (κ2) is 9.10. The van der Waals surface area contributed by atoms with Gasteiger partial charge in [0.2, 0.25) is 0 Å². The van der Waals surface area contributed by atoms with Gasteiger partial charge in [-0.1, -0.05) is 19.3 Å². The molecule has 126 valence electrons. The van der Waals surface area contributed by atoms with E-state index in [9.17, 15) is 9.59 Å². The van der Waals surface area contributed by atoms with E-state index < -0.39 is 5.97 Å². The van der Waals surface area contributed by atoms with Crippen molar-refractivity contribution in [3.8, 4) is 0 Å². The average molecular weight is 431 g/mol. The zero-order chi connectivity index (χ0) is 16.7.